The highest BCUT2D eigenvalue weighted by Gasteiger charge is 2.17. The fraction of sp³-hybridized carbons (Fsp3) is 0.125. The summed E-state index contributed by atoms with van der Waals surface area (Å²) in [5.74, 6) is -1.16. The van der Waals surface area contributed by atoms with Gasteiger partial charge in [-0.05, 0) is 31.2 Å². The van der Waals surface area contributed by atoms with Crippen LogP contribution in [-0.4, -0.2) is 23.9 Å². The van der Waals surface area contributed by atoms with Crippen LogP contribution in [0.25, 0.3) is 0 Å². The van der Waals surface area contributed by atoms with Gasteiger partial charge in [0.1, 0.15) is 0 Å². The summed E-state index contributed by atoms with van der Waals surface area (Å²) >= 11 is 6.01. The maximum Gasteiger partial charge on any atom is 0.337 e. The summed E-state index contributed by atoms with van der Waals surface area (Å²) in [7, 11) is 1.24. The summed E-state index contributed by atoms with van der Waals surface area (Å²) in [5.41, 5.74) is 0.811. The molecule has 0 saturated heterocycles. The van der Waals surface area contributed by atoms with Gasteiger partial charge in [-0.15, -0.1) is 0 Å². The maximum absolute atomic E-state index is 12.3. The van der Waals surface area contributed by atoms with Gasteiger partial charge < -0.3 is 10.1 Å². The van der Waals surface area contributed by atoms with Crippen molar-refractivity contribution in [2.45, 2.75) is 6.92 Å². The molecule has 0 aliphatic rings. The first-order valence-electron chi connectivity index (χ1n) is 6.77. The SMILES string of the molecule is COC(=O)c1ccc(Cl)c(NC(=O)c2ccc(C)c([N+](=O)[O-])c2)c1. The van der Waals surface area contributed by atoms with Crippen molar-refractivity contribution in [2.75, 3.05) is 12.4 Å². The monoisotopic (exact) mass is 348 g/mol. The lowest BCUT2D eigenvalue weighted by Gasteiger charge is -2.09. The first kappa shape index (κ1) is 17.4. The minimum atomic E-state index is -0.581. The number of halogens is 1. The predicted octanol–water partition coefficient (Wildman–Crippen LogP) is 3.60. The number of nitro groups is 1. The van der Waals surface area contributed by atoms with Crippen molar-refractivity contribution in [1.29, 1.82) is 0 Å². The van der Waals surface area contributed by atoms with Crippen LogP contribution < -0.4 is 5.32 Å². The Morgan fingerprint density at radius 3 is 2.46 bits per heavy atom. The Bertz CT molecular complexity index is 835. The third kappa shape index (κ3) is 3.69. The first-order valence-corrected chi connectivity index (χ1v) is 7.15. The van der Waals surface area contributed by atoms with E-state index in [-0.39, 0.29) is 27.5 Å². The quantitative estimate of drug-likeness (QED) is 0.517. The number of aryl methyl sites for hydroxylation is 1. The third-order valence-electron chi connectivity index (χ3n) is 3.30. The summed E-state index contributed by atoms with van der Waals surface area (Å²) in [6, 6.07) is 8.41. The standard InChI is InChI=1S/C16H13ClN2O5/c1-9-3-4-10(8-14(9)19(22)23)15(20)18-13-7-11(16(21)24-2)5-6-12(13)17/h3-8H,1-2H3,(H,18,20). The normalized spacial score (nSPS) is 10.1. The van der Waals surface area contributed by atoms with Gasteiger partial charge in [0.25, 0.3) is 11.6 Å². The second-order valence-electron chi connectivity index (χ2n) is 4.90. The molecule has 0 heterocycles. The Hall–Kier alpha value is -2.93. The molecule has 0 unspecified atom stereocenters. The number of hydrogen-bond donors (Lipinski definition) is 1. The van der Waals surface area contributed by atoms with E-state index in [1.54, 1.807) is 6.92 Å². The molecule has 1 amide bonds. The molecule has 0 fully saturated rings. The van der Waals surface area contributed by atoms with Crippen LogP contribution in [0.1, 0.15) is 26.3 Å². The summed E-state index contributed by atoms with van der Waals surface area (Å²) in [6.07, 6.45) is 0. The Morgan fingerprint density at radius 1 is 1.17 bits per heavy atom. The highest BCUT2D eigenvalue weighted by Crippen LogP contribution is 2.25. The zero-order chi connectivity index (χ0) is 17.9. The van der Waals surface area contributed by atoms with E-state index in [0.717, 1.165) is 0 Å². The molecular weight excluding hydrogens is 336 g/mol. The highest BCUT2D eigenvalue weighted by molar-refractivity contribution is 6.34. The molecule has 0 radical (unpaired) electrons. The van der Waals surface area contributed by atoms with E-state index >= 15 is 0 Å². The lowest BCUT2D eigenvalue weighted by atomic mass is 10.1. The maximum atomic E-state index is 12.3. The number of anilines is 1. The molecule has 2 aromatic carbocycles. The molecule has 0 bridgehead atoms. The molecule has 7 nitrogen and oxygen atoms in total. The topological polar surface area (TPSA) is 98.5 Å². The molecule has 0 atom stereocenters. The van der Waals surface area contributed by atoms with E-state index in [0.29, 0.717) is 5.56 Å². The van der Waals surface area contributed by atoms with Gasteiger partial charge >= 0.3 is 5.97 Å². The number of rotatable bonds is 4. The Labute approximate surface area is 142 Å². The number of ether oxygens (including phenoxy) is 1. The molecule has 0 spiro atoms. The number of nitrogens with one attached hydrogen (secondary N) is 1. The number of carbonyl (C=O) groups is 2. The number of esters is 1. The number of nitrogens with zero attached hydrogens (tertiary/aromatic N) is 1. The second kappa shape index (κ2) is 7.10. The van der Waals surface area contributed by atoms with Gasteiger partial charge in [-0.3, -0.25) is 14.9 Å². The van der Waals surface area contributed by atoms with Gasteiger partial charge in [0.05, 0.1) is 28.3 Å². The summed E-state index contributed by atoms with van der Waals surface area (Å²) in [5, 5.41) is 13.7. The average molecular weight is 349 g/mol. The van der Waals surface area contributed by atoms with Crippen LogP contribution in [0.4, 0.5) is 11.4 Å². The molecule has 0 aliphatic carbocycles. The van der Waals surface area contributed by atoms with Crippen molar-refractivity contribution in [1.82, 2.24) is 0 Å². The molecule has 1 N–H and O–H groups in total. The van der Waals surface area contributed by atoms with Crippen LogP contribution in [0.3, 0.4) is 0 Å². The van der Waals surface area contributed by atoms with Crippen LogP contribution >= 0.6 is 11.6 Å². The van der Waals surface area contributed by atoms with Crippen molar-refractivity contribution in [3.63, 3.8) is 0 Å². The van der Waals surface area contributed by atoms with Gasteiger partial charge in [-0.25, -0.2) is 4.79 Å². The van der Waals surface area contributed by atoms with Gasteiger partial charge in [0.15, 0.2) is 0 Å². The Kier molecular flexibility index (Phi) is 5.15. The molecule has 0 aromatic heterocycles. The van der Waals surface area contributed by atoms with E-state index in [1.165, 1.54) is 43.5 Å². The Morgan fingerprint density at radius 2 is 1.83 bits per heavy atom. The predicted molar refractivity (Wildman–Crippen MR) is 88.6 cm³/mol. The minimum Gasteiger partial charge on any atom is -0.465 e. The van der Waals surface area contributed by atoms with Crippen molar-refractivity contribution in [3.05, 3.63) is 68.2 Å². The second-order valence-corrected chi connectivity index (χ2v) is 5.31. The van der Waals surface area contributed by atoms with Gasteiger partial charge in [0, 0.05) is 17.2 Å². The molecule has 24 heavy (non-hydrogen) atoms. The average Bonchev–Trinajstić information content (AvgIpc) is 2.56. The third-order valence-corrected chi connectivity index (χ3v) is 3.63. The highest BCUT2D eigenvalue weighted by atomic mass is 35.5. The van der Waals surface area contributed by atoms with E-state index in [4.69, 9.17) is 11.6 Å². The fourth-order valence-electron chi connectivity index (χ4n) is 2.01. The van der Waals surface area contributed by atoms with E-state index < -0.39 is 16.8 Å². The van der Waals surface area contributed by atoms with Gasteiger partial charge in [0.2, 0.25) is 0 Å². The number of nitro benzene ring substituents is 1. The number of carbonyl (C=O) groups excluding carboxylic acids is 2. The van der Waals surface area contributed by atoms with Crippen molar-refractivity contribution in [3.8, 4) is 0 Å². The molecular formula is C16H13ClN2O5. The van der Waals surface area contributed by atoms with E-state index in [1.807, 2.05) is 0 Å². The van der Waals surface area contributed by atoms with Crippen LogP contribution in [0.5, 0.6) is 0 Å². The van der Waals surface area contributed by atoms with Crippen LogP contribution in [0.2, 0.25) is 5.02 Å². The number of amides is 1. The van der Waals surface area contributed by atoms with E-state index in [2.05, 4.69) is 10.1 Å². The fourth-order valence-corrected chi connectivity index (χ4v) is 2.17. The molecule has 2 aromatic rings. The number of hydrogen-bond acceptors (Lipinski definition) is 5. The van der Waals surface area contributed by atoms with Crippen molar-refractivity contribution in [2.24, 2.45) is 0 Å². The largest absolute Gasteiger partial charge is 0.465 e. The molecule has 2 rings (SSSR count). The molecule has 8 heteroatoms. The summed E-state index contributed by atoms with van der Waals surface area (Å²) in [4.78, 5) is 34.2. The van der Waals surface area contributed by atoms with Crippen LogP contribution in [-0.2, 0) is 4.74 Å². The zero-order valence-corrected chi connectivity index (χ0v) is 13.6. The van der Waals surface area contributed by atoms with Crippen LogP contribution in [0.15, 0.2) is 36.4 Å². The van der Waals surface area contributed by atoms with Crippen LogP contribution in [0, 0.1) is 17.0 Å². The minimum absolute atomic E-state index is 0.104. The molecule has 0 saturated carbocycles. The summed E-state index contributed by atoms with van der Waals surface area (Å²) < 4.78 is 4.61. The molecule has 0 aliphatic heterocycles. The Balaban J connectivity index is 2.31. The lowest BCUT2D eigenvalue weighted by molar-refractivity contribution is -0.385. The van der Waals surface area contributed by atoms with Crippen molar-refractivity contribution < 1.29 is 19.2 Å². The van der Waals surface area contributed by atoms with E-state index in [9.17, 15) is 19.7 Å². The van der Waals surface area contributed by atoms with Gasteiger partial charge in [-0.1, -0.05) is 17.7 Å². The first-order chi connectivity index (χ1) is 11.3. The smallest absolute Gasteiger partial charge is 0.337 e. The van der Waals surface area contributed by atoms with Crippen molar-refractivity contribution >= 4 is 34.9 Å². The molecule has 124 valence electrons. The number of benzene rings is 2. The zero-order valence-electron chi connectivity index (χ0n) is 12.8. The van der Waals surface area contributed by atoms with Gasteiger partial charge in [-0.2, -0.15) is 0 Å². The number of methoxy groups -OCH3 is 1. The summed E-state index contributed by atoms with van der Waals surface area (Å²) in [6.45, 7) is 1.58. The lowest BCUT2D eigenvalue weighted by Crippen LogP contribution is -2.13.